The maximum atomic E-state index is 13.1. The molecular weight excluding hydrogens is 526 g/mol. The molecule has 1 aliphatic heterocycles. The lowest BCUT2D eigenvalue weighted by atomic mass is 10.2. The summed E-state index contributed by atoms with van der Waals surface area (Å²) in [5.41, 5.74) is 2.81. The summed E-state index contributed by atoms with van der Waals surface area (Å²) in [5, 5.41) is 11.0. The Morgan fingerprint density at radius 1 is 0.634 bits per heavy atom. The molecule has 1 heterocycles. The van der Waals surface area contributed by atoms with Crippen LogP contribution in [0.5, 0.6) is 0 Å². The van der Waals surface area contributed by atoms with E-state index in [1.54, 1.807) is 0 Å². The van der Waals surface area contributed by atoms with Crippen LogP contribution in [-0.2, 0) is 43.5 Å². The molecule has 1 saturated heterocycles. The molecule has 1 fully saturated rings. The van der Waals surface area contributed by atoms with Crippen LogP contribution in [0.3, 0.4) is 0 Å². The van der Waals surface area contributed by atoms with Gasteiger partial charge in [0.15, 0.2) is 12.4 Å². The maximum absolute atomic E-state index is 13.1. The first-order chi connectivity index (χ1) is 20.1. The van der Waals surface area contributed by atoms with Crippen LogP contribution < -0.4 is 0 Å². The van der Waals surface area contributed by atoms with Gasteiger partial charge in [0, 0.05) is 12.1 Å². The van der Waals surface area contributed by atoms with E-state index in [0.717, 1.165) is 16.7 Å². The highest BCUT2D eigenvalue weighted by Crippen LogP contribution is 2.31. The van der Waals surface area contributed by atoms with Gasteiger partial charge in [0.25, 0.3) is 5.69 Å². The van der Waals surface area contributed by atoms with E-state index in [1.807, 2.05) is 91.0 Å². The second-order valence-electron chi connectivity index (χ2n) is 9.40. The van der Waals surface area contributed by atoms with Crippen LogP contribution in [0.4, 0.5) is 5.69 Å². The third-order valence-corrected chi connectivity index (χ3v) is 6.49. The number of nitro groups is 1. The van der Waals surface area contributed by atoms with Gasteiger partial charge < -0.3 is 23.7 Å². The quantitative estimate of drug-likeness (QED) is 0.122. The molecule has 0 aliphatic carbocycles. The largest absolute Gasteiger partial charge is 0.429 e. The molecule has 0 spiro atoms. The van der Waals surface area contributed by atoms with Gasteiger partial charge in [-0.1, -0.05) is 91.0 Å². The fraction of sp³-hybridized carbons (Fsp3) is 0.219. The zero-order valence-corrected chi connectivity index (χ0v) is 22.1. The van der Waals surface area contributed by atoms with Crippen molar-refractivity contribution >= 4 is 11.7 Å². The minimum atomic E-state index is -1.16. The molecule has 41 heavy (non-hydrogen) atoms. The molecule has 4 aromatic carbocycles. The number of esters is 1. The molecule has 5 rings (SSSR count). The number of hydrogen-bond acceptors (Lipinski definition) is 8. The fourth-order valence-corrected chi connectivity index (χ4v) is 4.35. The van der Waals surface area contributed by atoms with Crippen LogP contribution in [0, 0.1) is 10.1 Å². The molecular formula is C32H29NO8. The van der Waals surface area contributed by atoms with E-state index >= 15 is 0 Å². The molecule has 0 saturated carbocycles. The number of ether oxygens (including phenoxy) is 5. The number of non-ortho nitro benzene ring substituents is 1. The van der Waals surface area contributed by atoms with Gasteiger partial charge in [0.2, 0.25) is 6.29 Å². The van der Waals surface area contributed by atoms with Crippen molar-refractivity contribution in [3.63, 3.8) is 0 Å². The van der Waals surface area contributed by atoms with Gasteiger partial charge in [-0.3, -0.25) is 10.1 Å². The van der Waals surface area contributed by atoms with E-state index in [-0.39, 0.29) is 31.1 Å². The Morgan fingerprint density at radius 2 is 1.07 bits per heavy atom. The van der Waals surface area contributed by atoms with Gasteiger partial charge >= 0.3 is 5.97 Å². The summed E-state index contributed by atoms with van der Waals surface area (Å²) >= 11 is 0. The third-order valence-electron chi connectivity index (χ3n) is 6.49. The second kappa shape index (κ2) is 13.8. The van der Waals surface area contributed by atoms with Gasteiger partial charge in [-0.15, -0.1) is 0 Å². The average Bonchev–Trinajstić information content (AvgIpc) is 3.34. The zero-order valence-electron chi connectivity index (χ0n) is 22.1. The summed E-state index contributed by atoms with van der Waals surface area (Å²) in [5.74, 6) is -0.719. The van der Waals surface area contributed by atoms with E-state index in [0.29, 0.717) is 0 Å². The summed E-state index contributed by atoms with van der Waals surface area (Å²) in [6.45, 7) is 0.719. The van der Waals surface area contributed by atoms with Gasteiger partial charge in [-0.2, -0.15) is 0 Å². The van der Waals surface area contributed by atoms with Gasteiger partial charge in [0.05, 0.1) is 30.3 Å². The average molecular weight is 556 g/mol. The van der Waals surface area contributed by atoms with E-state index in [2.05, 4.69) is 0 Å². The Bertz CT molecular complexity index is 1400. The first kappa shape index (κ1) is 28.1. The molecule has 210 valence electrons. The van der Waals surface area contributed by atoms with Crippen molar-refractivity contribution in [2.45, 2.75) is 44.6 Å². The van der Waals surface area contributed by atoms with Crippen molar-refractivity contribution in [3.05, 3.63) is 148 Å². The third kappa shape index (κ3) is 7.62. The van der Waals surface area contributed by atoms with Crippen molar-refractivity contribution in [1.29, 1.82) is 0 Å². The number of benzene rings is 4. The lowest BCUT2D eigenvalue weighted by Crippen LogP contribution is -2.39. The van der Waals surface area contributed by atoms with Crippen LogP contribution >= 0.6 is 0 Å². The molecule has 9 heteroatoms. The van der Waals surface area contributed by atoms with Gasteiger partial charge in [-0.05, 0) is 28.8 Å². The Labute approximate surface area is 237 Å². The molecule has 0 unspecified atom stereocenters. The number of carbonyl (C=O) groups excluding carboxylic acids is 1. The maximum Gasteiger partial charge on any atom is 0.340 e. The SMILES string of the molecule is O=C(O[C@@H]1O[C@H](OCc2ccccc2)[C@H](OCc2ccccc2)[C@H]1OCc1ccccc1)c1ccc([N+](=O)[O-])cc1. The van der Waals surface area contributed by atoms with E-state index < -0.39 is 35.7 Å². The van der Waals surface area contributed by atoms with Crippen molar-refractivity contribution in [2.75, 3.05) is 0 Å². The van der Waals surface area contributed by atoms with Gasteiger partial charge in [0.1, 0.15) is 6.10 Å². The fourth-order valence-electron chi connectivity index (χ4n) is 4.35. The zero-order chi connectivity index (χ0) is 28.4. The second-order valence-corrected chi connectivity index (χ2v) is 9.40. The summed E-state index contributed by atoms with van der Waals surface area (Å²) in [7, 11) is 0. The number of nitro benzene ring substituents is 1. The first-order valence-electron chi connectivity index (χ1n) is 13.1. The Morgan fingerprint density at radius 3 is 1.54 bits per heavy atom. The van der Waals surface area contributed by atoms with Crippen LogP contribution in [0.2, 0.25) is 0 Å². The molecule has 0 aromatic heterocycles. The molecule has 0 radical (unpaired) electrons. The number of carbonyl (C=O) groups is 1. The molecule has 9 nitrogen and oxygen atoms in total. The van der Waals surface area contributed by atoms with E-state index in [4.69, 9.17) is 23.7 Å². The van der Waals surface area contributed by atoms with Crippen molar-refractivity contribution < 1.29 is 33.4 Å². The Hall–Kier alpha value is -4.41. The normalized spacial score (nSPS) is 20.0. The first-order valence-corrected chi connectivity index (χ1v) is 13.1. The lowest BCUT2D eigenvalue weighted by molar-refractivity contribution is -0.384. The van der Waals surface area contributed by atoms with Crippen LogP contribution in [-0.4, -0.2) is 35.7 Å². The summed E-state index contributed by atoms with van der Waals surface area (Å²) in [6, 6.07) is 34.0. The van der Waals surface area contributed by atoms with Crippen molar-refractivity contribution in [2.24, 2.45) is 0 Å². The smallest absolute Gasteiger partial charge is 0.340 e. The van der Waals surface area contributed by atoms with Crippen LogP contribution in [0.1, 0.15) is 27.0 Å². The predicted molar refractivity (Wildman–Crippen MR) is 148 cm³/mol. The highest BCUT2D eigenvalue weighted by Gasteiger charge is 2.49. The summed E-state index contributed by atoms with van der Waals surface area (Å²) < 4.78 is 30.6. The Balaban J connectivity index is 1.37. The van der Waals surface area contributed by atoms with Gasteiger partial charge in [-0.25, -0.2) is 4.79 Å². The molecule has 4 aromatic rings. The number of rotatable bonds is 12. The lowest BCUT2D eigenvalue weighted by Gasteiger charge is -2.24. The number of nitrogens with zero attached hydrogens (tertiary/aromatic N) is 1. The summed E-state index contributed by atoms with van der Waals surface area (Å²) in [6.07, 6.45) is -3.64. The summed E-state index contributed by atoms with van der Waals surface area (Å²) in [4.78, 5) is 23.5. The molecule has 0 bridgehead atoms. The minimum absolute atomic E-state index is 0.133. The Kier molecular flexibility index (Phi) is 9.45. The highest BCUT2D eigenvalue weighted by atomic mass is 16.8. The van der Waals surface area contributed by atoms with E-state index in [1.165, 1.54) is 24.3 Å². The van der Waals surface area contributed by atoms with Crippen LogP contribution in [0.15, 0.2) is 115 Å². The standard InChI is InChI=1S/C32H29NO8/c34-30(26-16-18-27(19-17-26)33(35)36)40-32-29(38-21-24-12-6-2-7-13-24)28(37-20-23-10-4-1-5-11-23)31(41-32)39-22-25-14-8-3-9-15-25/h1-19,28-29,31-32H,20-22H2/t28-,29-,31+,32-/m1/s1. The monoisotopic (exact) mass is 555 g/mol. The molecule has 4 atom stereocenters. The minimum Gasteiger partial charge on any atom is -0.429 e. The highest BCUT2D eigenvalue weighted by molar-refractivity contribution is 5.89. The molecule has 0 N–H and O–H groups in total. The van der Waals surface area contributed by atoms with Crippen LogP contribution in [0.25, 0.3) is 0 Å². The van der Waals surface area contributed by atoms with E-state index in [9.17, 15) is 14.9 Å². The predicted octanol–water partition coefficient (Wildman–Crippen LogP) is 5.82. The number of hydrogen-bond donors (Lipinski definition) is 0. The topological polar surface area (TPSA) is 106 Å². The molecule has 0 amide bonds. The molecule has 1 aliphatic rings. The van der Waals surface area contributed by atoms with Crippen molar-refractivity contribution in [1.82, 2.24) is 0 Å². The van der Waals surface area contributed by atoms with Crippen molar-refractivity contribution in [3.8, 4) is 0 Å².